The van der Waals surface area contributed by atoms with Gasteiger partial charge in [-0.2, -0.15) is 4.98 Å². The number of ether oxygens (including phenoxy) is 2. The number of carbonyl (C=O) groups excluding carboxylic acids is 2. The van der Waals surface area contributed by atoms with Crippen LogP contribution < -0.4 is 11.0 Å². The topological polar surface area (TPSA) is 186 Å². The lowest BCUT2D eigenvalue weighted by molar-refractivity contribution is -0.152. The van der Waals surface area contributed by atoms with Crippen LogP contribution >= 0.6 is 0 Å². The summed E-state index contributed by atoms with van der Waals surface area (Å²) in [7, 11) is -0.848. The fraction of sp³-hybridized carbons (Fsp3) is 0.429. The molecule has 1 fully saturated rings. The van der Waals surface area contributed by atoms with E-state index in [1.807, 2.05) is 0 Å². The number of sulfonamides is 1. The van der Waals surface area contributed by atoms with Crippen LogP contribution in [-0.4, -0.2) is 72.2 Å². The fourth-order valence-electron chi connectivity index (χ4n) is 3.60. The summed E-state index contributed by atoms with van der Waals surface area (Å²) in [5.41, 5.74) is 8.58. The summed E-state index contributed by atoms with van der Waals surface area (Å²) in [6.45, 7) is 1.14. The van der Waals surface area contributed by atoms with Crippen LogP contribution in [0, 0.1) is 0 Å². The van der Waals surface area contributed by atoms with Gasteiger partial charge in [0.15, 0.2) is 12.3 Å². The average molecular weight is 520 g/mol. The Morgan fingerprint density at radius 3 is 2.56 bits per heavy atom. The van der Waals surface area contributed by atoms with E-state index in [0.29, 0.717) is 5.56 Å². The van der Waals surface area contributed by atoms with E-state index in [-0.39, 0.29) is 18.0 Å². The highest BCUT2D eigenvalue weighted by atomic mass is 32.2. The predicted molar refractivity (Wildman–Crippen MR) is 127 cm³/mol. The second-order valence-electron chi connectivity index (χ2n) is 8.04. The van der Waals surface area contributed by atoms with Crippen LogP contribution in [0.4, 0.5) is 5.82 Å². The Morgan fingerprint density at radius 2 is 1.97 bits per heavy atom. The summed E-state index contributed by atoms with van der Waals surface area (Å²) in [5, 5.41) is 6.18. The van der Waals surface area contributed by atoms with Crippen molar-refractivity contribution in [3.63, 3.8) is 0 Å². The third-order valence-corrected chi connectivity index (χ3v) is 7.26. The Balaban J connectivity index is 1.88. The highest BCUT2D eigenvalue weighted by molar-refractivity contribution is 7.89. The Kier molecular flexibility index (Phi) is 8.42. The van der Waals surface area contributed by atoms with Crippen molar-refractivity contribution in [3.05, 3.63) is 69.1 Å². The lowest BCUT2D eigenvalue weighted by Crippen LogP contribution is -2.38. The van der Waals surface area contributed by atoms with Crippen molar-refractivity contribution in [1.82, 2.24) is 13.9 Å². The zero-order valence-electron chi connectivity index (χ0n) is 19.7. The molecule has 0 unspecified atom stereocenters. The maximum Gasteiger partial charge on any atom is 0.351 e. The zero-order chi connectivity index (χ0) is 26.5. The summed E-state index contributed by atoms with van der Waals surface area (Å²) in [5.74, 6) is -1.55. The molecule has 0 radical (unpaired) electrons. The molecule has 1 aliphatic rings. The first kappa shape index (κ1) is 26.8. The molecule has 1 aromatic heterocycles. The minimum atomic E-state index is -3.61. The van der Waals surface area contributed by atoms with Crippen LogP contribution in [0.15, 0.2) is 52.5 Å². The summed E-state index contributed by atoms with van der Waals surface area (Å²) in [4.78, 5) is 43.6. The molecule has 2 aromatic rings. The van der Waals surface area contributed by atoms with Crippen molar-refractivity contribution in [2.75, 3.05) is 25.2 Å². The number of carbonyl (C=O) groups is 2. The molecule has 36 heavy (non-hydrogen) atoms. The van der Waals surface area contributed by atoms with E-state index in [0.717, 1.165) is 15.8 Å². The van der Waals surface area contributed by atoms with Crippen molar-refractivity contribution in [2.24, 2.45) is 5.11 Å². The van der Waals surface area contributed by atoms with E-state index in [4.69, 9.17) is 15.0 Å². The van der Waals surface area contributed by atoms with Gasteiger partial charge in [-0.3, -0.25) is 14.2 Å². The van der Waals surface area contributed by atoms with E-state index in [2.05, 4.69) is 20.3 Å². The summed E-state index contributed by atoms with van der Waals surface area (Å²) >= 11 is 0. The molecule has 0 spiro atoms. The molecule has 1 amide bonds. The van der Waals surface area contributed by atoms with Crippen LogP contribution in [0.5, 0.6) is 0 Å². The minimum Gasteiger partial charge on any atom is -0.457 e. The van der Waals surface area contributed by atoms with Gasteiger partial charge in [-0.05, 0) is 30.2 Å². The zero-order valence-corrected chi connectivity index (χ0v) is 20.5. The lowest BCUT2D eigenvalue weighted by Gasteiger charge is -2.22. The van der Waals surface area contributed by atoms with Gasteiger partial charge >= 0.3 is 11.7 Å². The predicted octanol–water partition coefficient (Wildman–Crippen LogP) is 1.29. The number of amides is 1. The van der Waals surface area contributed by atoms with Crippen molar-refractivity contribution < 1.29 is 27.5 Å². The summed E-state index contributed by atoms with van der Waals surface area (Å²) < 4.78 is 37.7. The number of azide groups is 1. The van der Waals surface area contributed by atoms with E-state index in [1.54, 1.807) is 30.3 Å². The van der Waals surface area contributed by atoms with Crippen LogP contribution in [0.3, 0.4) is 0 Å². The third kappa shape index (κ3) is 6.26. The first-order chi connectivity index (χ1) is 17.0. The number of benzene rings is 1. The minimum absolute atomic E-state index is 0.0210. The molecular formula is C21H25N7O7S. The summed E-state index contributed by atoms with van der Waals surface area (Å²) in [6.07, 6.45) is -2.27. The quantitative estimate of drug-likeness (QED) is 0.222. The Hall–Kier alpha value is -3.78. The molecule has 2 heterocycles. The molecular weight excluding hydrogens is 494 g/mol. The highest BCUT2D eigenvalue weighted by Gasteiger charge is 2.48. The highest BCUT2D eigenvalue weighted by Crippen LogP contribution is 2.35. The standard InChI is InChI=1S/C21H25N7O7S/c1-13(29)34-18-17(25-26-22)15(10-12-36(32,33)27(2)3)35-20(18)28-11-9-16(24-21(28)31)23-19(30)14-7-5-4-6-8-14/h4-9,11,15,17-18,20H,10,12H2,1-3H3,(H,23,24,30,31)/t15-,17-,18-,20-/m1/s1. The first-order valence-corrected chi connectivity index (χ1v) is 12.4. The largest absolute Gasteiger partial charge is 0.457 e. The molecule has 1 N–H and O–H groups in total. The molecule has 1 saturated heterocycles. The second-order valence-corrected chi connectivity index (χ2v) is 10.3. The van der Waals surface area contributed by atoms with Crippen molar-refractivity contribution in [2.45, 2.75) is 37.8 Å². The van der Waals surface area contributed by atoms with Crippen LogP contribution in [0.2, 0.25) is 0 Å². The number of esters is 1. The van der Waals surface area contributed by atoms with Gasteiger partial charge < -0.3 is 14.8 Å². The van der Waals surface area contributed by atoms with Gasteiger partial charge in [-0.25, -0.2) is 17.5 Å². The SMILES string of the molecule is CC(=O)O[C@@H]1[C@H](N=[N+]=[N-])[C@@H](CCS(=O)(=O)N(C)C)O[C@H]1n1ccc(NC(=O)c2ccccc2)nc1=O. The Labute approximate surface area is 206 Å². The number of hydrogen-bond acceptors (Lipinski definition) is 9. The van der Waals surface area contributed by atoms with E-state index in [9.17, 15) is 22.8 Å². The first-order valence-electron chi connectivity index (χ1n) is 10.8. The molecule has 192 valence electrons. The van der Waals surface area contributed by atoms with Crippen LogP contribution in [0.25, 0.3) is 10.4 Å². The van der Waals surface area contributed by atoms with Gasteiger partial charge in [-0.1, -0.05) is 23.3 Å². The average Bonchev–Trinajstić information content (AvgIpc) is 3.15. The number of anilines is 1. The van der Waals surface area contributed by atoms with Gasteiger partial charge in [0.2, 0.25) is 10.0 Å². The van der Waals surface area contributed by atoms with Gasteiger partial charge in [-0.15, -0.1) is 0 Å². The molecule has 1 aliphatic heterocycles. The van der Waals surface area contributed by atoms with Gasteiger partial charge in [0, 0.05) is 37.7 Å². The molecule has 0 saturated carbocycles. The number of rotatable bonds is 9. The van der Waals surface area contributed by atoms with Gasteiger partial charge in [0.1, 0.15) is 11.9 Å². The number of aromatic nitrogens is 2. The maximum atomic E-state index is 12.8. The molecule has 4 atom stereocenters. The lowest BCUT2D eigenvalue weighted by atomic mass is 10.1. The number of hydrogen-bond donors (Lipinski definition) is 1. The van der Waals surface area contributed by atoms with E-state index in [1.165, 1.54) is 26.4 Å². The van der Waals surface area contributed by atoms with Crippen molar-refractivity contribution >= 4 is 27.7 Å². The summed E-state index contributed by atoms with van der Waals surface area (Å²) in [6, 6.07) is 8.57. The molecule has 1 aromatic carbocycles. The molecule has 0 aliphatic carbocycles. The van der Waals surface area contributed by atoms with E-state index < -0.39 is 52.1 Å². The van der Waals surface area contributed by atoms with Crippen molar-refractivity contribution in [1.29, 1.82) is 0 Å². The maximum absolute atomic E-state index is 12.8. The molecule has 0 bridgehead atoms. The number of nitrogens with one attached hydrogen (secondary N) is 1. The smallest absolute Gasteiger partial charge is 0.351 e. The number of nitrogens with zero attached hydrogens (tertiary/aromatic N) is 6. The van der Waals surface area contributed by atoms with Gasteiger partial charge in [0.25, 0.3) is 5.91 Å². The van der Waals surface area contributed by atoms with Crippen LogP contribution in [0.1, 0.15) is 29.9 Å². The normalized spacial score (nSPS) is 21.6. The Morgan fingerprint density at radius 1 is 1.28 bits per heavy atom. The Bertz CT molecular complexity index is 1320. The van der Waals surface area contributed by atoms with Gasteiger partial charge in [0.05, 0.1) is 11.9 Å². The second kappa shape index (κ2) is 11.3. The van der Waals surface area contributed by atoms with Crippen molar-refractivity contribution in [3.8, 4) is 0 Å². The monoisotopic (exact) mass is 519 g/mol. The van der Waals surface area contributed by atoms with E-state index >= 15 is 0 Å². The fourth-order valence-corrected chi connectivity index (χ4v) is 4.50. The molecule has 15 heteroatoms. The third-order valence-electron chi connectivity index (χ3n) is 5.40. The molecule has 14 nitrogen and oxygen atoms in total. The van der Waals surface area contributed by atoms with Crippen LogP contribution in [-0.2, 0) is 24.3 Å². The molecule has 3 rings (SSSR count).